The number of unbranched alkanes of at least 4 members (excludes halogenated alkanes) is 9. The van der Waals surface area contributed by atoms with Gasteiger partial charge in [0.2, 0.25) is 11.8 Å². The van der Waals surface area contributed by atoms with Gasteiger partial charge in [0.15, 0.2) is 0 Å². The Morgan fingerprint density at radius 3 is 1.79 bits per heavy atom. The molecule has 2 N–H and O–H groups in total. The maximum atomic E-state index is 13.0. The van der Waals surface area contributed by atoms with Crippen LogP contribution in [0.25, 0.3) is 11.1 Å². The first-order valence-corrected chi connectivity index (χ1v) is 17.1. The number of amides is 2. The minimum absolute atomic E-state index is 0.0433. The third kappa shape index (κ3) is 12.3. The second-order valence-electron chi connectivity index (χ2n) is 14.0. The van der Waals surface area contributed by atoms with Crippen molar-refractivity contribution < 1.29 is 9.59 Å². The molecule has 4 nitrogen and oxygen atoms in total. The van der Waals surface area contributed by atoms with Crippen molar-refractivity contribution in [2.75, 3.05) is 6.54 Å². The third-order valence-electron chi connectivity index (χ3n) is 8.89. The van der Waals surface area contributed by atoms with Crippen LogP contribution in [0.3, 0.4) is 0 Å². The Labute approximate surface area is 262 Å². The van der Waals surface area contributed by atoms with Crippen molar-refractivity contribution in [1.82, 2.24) is 10.6 Å². The van der Waals surface area contributed by atoms with E-state index in [1.807, 2.05) is 6.92 Å². The Morgan fingerprint density at radius 1 is 0.744 bits per heavy atom. The van der Waals surface area contributed by atoms with Crippen LogP contribution in [0.5, 0.6) is 0 Å². The molecule has 1 aliphatic rings. The van der Waals surface area contributed by atoms with Crippen molar-refractivity contribution in [3.8, 4) is 11.1 Å². The van der Waals surface area contributed by atoms with Crippen molar-refractivity contribution in [3.05, 3.63) is 71.8 Å². The second-order valence-corrected chi connectivity index (χ2v) is 14.0. The van der Waals surface area contributed by atoms with E-state index in [0.29, 0.717) is 31.2 Å². The molecule has 4 heteroatoms. The smallest absolute Gasteiger partial charge is 0.220 e. The molecule has 3 rings (SSSR count). The van der Waals surface area contributed by atoms with Gasteiger partial charge in [-0.15, -0.1) is 0 Å². The monoisotopic (exact) mass is 586 g/mol. The average molecular weight is 587 g/mol. The minimum Gasteiger partial charge on any atom is -0.356 e. The zero-order valence-corrected chi connectivity index (χ0v) is 27.6. The highest BCUT2D eigenvalue weighted by Crippen LogP contribution is 2.46. The maximum Gasteiger partial charge on any atom is 0.220 e. The van der Waals surface area contributed by atoms with Crippen LogP contribution in [0, 0.1) is 5.41 Å². The van der Waals surface area contributed by atoms with Crippen LogP contribution < -0.4 is 10.6 Å². The molecule has 2 aromatic carbocycles. The van der Waals surface area contributed by atoms with E-state index in [-0.39, 0.29) is 23.8 Å². The molecule has 0 radical (unpaired) electrons. The fourth-order valence-corrected chi connectivity index (χ4v) is 6.35. The van der Waals surface area contributed by atoms with Crippen molar-refractivity contribution in [2.24, 2.45) is 5.41 Å². The van der Waals surface area contributed by atoms with E-state index in [2.05, 4.69) is 86.5 Å². The zero-order chi connectivity index (χ0) is 31.1. The molecule has 43 heavy (non-hydrogen) atoms. The van der Waals surface area contributed by atoms with Crippen LogP contribution in [-0.2, 0) is 9.59 Å². The first kappa shape index (κ1) is 34.6. The summed E-state index contributed by atoms with van der Waals surface area (Å²) >= 11 is 0. The number of hydrogen-bond acceptors (Lipinski definition) is 2. The van der Waals surface area contributed by atoms with Crippen molar-refractivity contribution >= 4 is 11.8 Å². The lowest BCUT2D eigenvalue weighted by molar-refractivity contribution is -0.121. The summed E-state index contributed by atoms with van der Waals surface area (Å²) in [6, 6.07) is 16.9. The van der Waals surface area contributed by atoms with Gasteiger partial charge >= 0.3 is 0 Å². The van der Waals surface area contributed by atoms with Gasteiger partial charge in [-0.2, -0.15) is 0 Å². The molecule has 236 valence electrons. The summed E-state index contributed by atoms with van der Waals surface area (Å²) < 4.78 is 0. The molecule has 2 amide bonds. The number of rotatable bonds is 20. The van der Waals surface area contributed by atoms with Crippen LogP contribution in [0.1, 0.15) is 141 Å². The van der Waals surface area contributed by atoms with E-state index in [4.69, 9.17) is 0 Å². The van der Waals surface area contributed by atoms with E-state index < -0.39 is 0 Å². The van der Waals surface area contributed by atoms with Crippen LogP contribution in [0.4, 0.5) is 0 Å². The minimum atomic E-state index is -0.130. The Bertz CT molecular complexity index is 1120. The summed E-state index contributed by atoms with van der Waals surface area (Å²) in [6.45, 7) is 13.6. The van der Waals surface area contributed by atoms with Gasteiger partial charge in [0.25, 0.3) is 0 Å². The standard InChI is InChI=1S/C39H58N2O2/c1-30(2)36(27-29-40-37(42)24-14-12-10-8-6-7-9-11-13-19-28-39(3,4)5)41-38(43)26-25-35-33-22-17-15-20-31(33)32-21-16-18-23-34(32)35/h15-18,20-23,35-36H,1,6-14,19,24-29H2,2-5H3,(H,40,42)(H,41,43)/t36-/m0/s1. The summed E-state index contributed by atoms with van der Waals surface area (Å²) in [5.41, 5.74) is 6.59. The van der Waals surface area contributed by atoms with E-state index in [1.54, 1.807) is 0 Å². The lowest BCUT2D eigenvalue weighted by atomic mass is 9.89. The molecule has 0 aliphatic heterocycles. The zero-order valence-electron chi connectivity index (χ0n) is 27.6. The molecule has 0 saturated heterocycles. The van der Waals surface area contributed by atoms with Gasteiger partial charge in [0, 0.05) is 25.3 Å². The van der Waals surface area contributed by atoms with Gasteiger partial charge in [0.05, 0.1) is 6.04 Å². The van der Waals surface area contributed by atoms with Gasteiger partial charge in [-0.05, 0) is 60.3 Å². The van der Waals surface area contributed by atoms with Crippen LogP contribution >= 0.6 is 0 Å². The largest absolute Gasteiger partial charge is 0.356 e. The van der Waals surface area contributed by atoms with E-state index in [0.717, 1.165) is 24.8 Å². The van der Waals surface area contributed by atoms with Crippen molar-refractivity contribution in [1.29, 1.82) is 0 Å². The molecule has 0 aromatic heterocycles. The lowest BCUT2D eigenvalue weighted by Crippen LogP contribution is -2.38. The Morgan fingerprint density at radius 2 is 1.26 bits per heavy atom. The van der Waals surface area contributed by atoms with Gasteiger partial charge < -0.3 is 10.6 Å². The quantitative estimate of drug-likeness (QED) is 0.120. The summed E-state index contributed by atoms with van der Waals surface area (Å²) in [7, 11) is 0. The molecule has 0 heterocycles. The normalized spacial score (nSPS) is 13.3. The van der Waals surface area contributed by atoms with E-state index in [1.165, 1.54) is 80.0 Å². The van der Waals surface area contributed by atoms with Crippen molar-refractivity contribution in [2.45, 2.75) is 136 Å². The number of hydrogen-bond donors (Lipinski definition) is 2. The van der Waals surface area contributed by atoms with Gasteiger partial charge in [-0.1, -0.05) is 139 Å². The molecule has 2 aromatic rings. The summed E-state index contributed by atoms with van der Waals surface area (Å²) in [6.07, 6.45) is 16.5. The number of benzene rings is 2. The molecular formula is C39H58N2O2. The van der Waals surface area contributed by atoms with Crippen LogP contribution in [0.2, 0.25) is 0 Å². The fourth-order valence-electron chi connectivity index (χ4n) is 6.35. The molecule has 1 aliphatic carbocycles. The summed E-state index contributed by atoms with van der Waals surface area (Å²) in [5.74, 6) is 0.399. The number of fused-ring (bicyclic) bond motifs is 3. The fraction of sp³-hybridized carbons (Fsp3) is 0.590. The Kier molecular flexibility index (Phi) is 14.5. The first-order chi connectivity index (χ1) is 20.7. The SMILES string of the molecule is C=C(C)[C@H](CCNC(=O)CCCCCCCCCCCCC(C)(C)C)NC(=O)CCC1c2ccccc2-c2ccccc21. The molecule has 0 fully saturated rings. The highest BCUT2D eigenvalue weighted by atomic mass is 16.2. The average Bonchev–Trinajstić information content (AvgIpc) is 3.29. The summed E-state index contributed by atoms with van der Waals surface area (Å²) in [4.78, 5) is 25.3. The maximum absolute atomic E-state index is 13.0. The third-order valence-corrected chi connectivity index (χ3v) is 8.89. The van der Waals surface area contributed by atoms with Crippen LogP contribution in [0.15, 0.2) is 60.7 Å². The predicted molar refractivity (Wildman–Crippen MR) is 182 cm³/mol. The highest BCUT2D eigenvalue weighted by Gasteiger charge is 2.28. The van der Waals surface area contributed by atoms with E-state index in [9.17, 15) is 9.59 Å². The number of carbonyl (C=O) groups excluding carboxylic acids is 2. The van der Waals surface area contributed by atoms with Crippen LogP contribution in [-0.4, -0.2) is 24.4 Å². The second kappa shape index (κ2) is 18.0. The Balaban J connectivity index is 1.24. The topological polar surface area (TPSA) is 58.2 Å². The molecule has 0 unspecified atom stereocenters. The lowest BCUT2D eigenvalue weighted by Gasteiger charge is -2.20. The first-order valence-electron chi connectivity index (χ1n) is 17.1. The number of nitrogens with one attached hydrogen (secondary N) is 2. The molecule has 1 atom stereocenters. The molecular weight excluding hydrogens is 528 g/mol. The van der Waals surface area contributed by atoms with Gasteiger partial charge in [-0.3, -0.25) is 9.59 Å². The highest BCUT2D eigenvalue weighted by molar-refractivity contribution is 5.80. The van der Waals surface area contributed by atoms with Gasteiger partial charge in [-0.25, -0.2) is 0 Å². The number of carbonyl (C=O) groups is 2. The van der Waals surface area contributed by atoms with Gasteiger partial charge in [0.1, 0.15) is 0 Å². The predicted octanol–water partition coefficient (Wildman–Crippen LogP) is 9.87. The molecule has 0 bridgehead atoms. The van der Waals surface area contributed by atoms with E-state index >= 15 is 0 Å². The molecule has 0 saturated carbocycles. The molecule has 0 spiro atoms. The van der Waals surface area contributed by atoms with Crippen molar-refractivity contribution in [3.63, 3.8) is 0 Å². The Hall–Kier alpha value is -2.88. The summed E-state index contributed by atoms with van der Waals surface area (Å²) in [5, 5.41) is 6.22.